The van der Waals surface area contributed by atoms with Gasteiger partial charge in [0.05, 0.1) is 4.90 Å². The van der Waals surface area contributed by atoms with E-state index in [0.29, 0.717) is 5.56 Å². The molecule has 1 N–H and O–H groups in total. The Bertz CT molecular complexity index is 1260. The number of hydrogen-bond acceptors (Lipinski definition) is 7. The Balaban J connectivity index is 1.74. The largest absolute Gasteiger partial charge is 0.345 e. The summed E-state index contributed by atoms with van der Waals surface area (Å²) in [6, 6.07) is 19.6. The molecule has 0 saturated carbocycles. The first-order valence-electron chi connectivity index (χ1n) is 9.57. The van der Waals surface area contributed by atoms with E-state index in [-0.39, 0.29) is 48.4 Å². The first-order valence-corrected chi connectivity index (χ1v) is 11.0. The van der Waals surface area contributed by atoms with Crippen LogP contribution in [0.25, 0.3) is 0 Å². The molecule has 1 saturated heterocycles. The number of allylic oxidation sites excluding steroid dienone is 2. The molecule has 0 aromatic heterocycles. The highest BCUT2D eigenvalue weighted by molar-refractivity contribution is 7.89. The summed E-state index contributed by atoms with van der Waals surface area (Å²) in [4.78, 5) is 14.2. The van der Waals surface area contributed by atoms with Gasteiger partial charge in [-0.1, -0.05) is 24.3 Å². The zero-order valence-corrected chi connectivity index (χ0v) is 17.7. The third-order valence-electron chi connectivity index (χ3n) is 4.87. The van der Waals surface area contributed by atoms with Crippen molar-refractivity contribution in [2.75, 3.05) is 31.5 Å². The predicted molar refractivity (Wildman–Crippen MR) is 115 cm³/mol. The SMILES string of the molecule is N#CC(C#N)=C(C#N)Nc1cccc(S(=O)(=O)N2CCN(C(=O)c3ccccc3)CC2)c1. The number of nitrogens with one attached hydrogen (secondary N) is 1. The Labute approximate surface area is 186 Å². The highest BCUT2D eigenvalue weighted by Gasteiger charge is 2.30. The number of rotatable bonds is 5. The topological polar surface area (TPSA) is 141 Å². The van der Waals surface area contributed by atoms with Gasteiger partial charge in [0.2, 0.25) is 10.0 Å². The Morgan fingerprint density at radius 1 is 0.875 bits per heavy atom. The molecule has 2 aromatic rings. The highest BCUT2D eigenvalue weighted by atomic mass is 32.2. The van der Waals surface area contributed by atoms with Crippen LogP contribution in [0.4, 0.5) is 5.69 Å². The van der Waals surface area contributed by atoms with E-state index in [1.165, 1.54) is 28.6 Å². The van der Waals surface area contributed by atoms with Crippen molar-refractivity contribution in [2.24, 2.45) is 0 Å². The van der Waals surface area contributed by atoms with E-state index >= 15 is 0 Å². The fraction of sp³-hybridized carbons (Fsp3) is 0.182. The molecule has 0 bridgehead atoms. The van der Waals surface area contributed by atoms with E-state index in [0.717, 1.165) is 0 Å². The summed E-state index contributed by atoms with van der Waals surface area (Å²) < 4.78 is 27.5. The zero-order valence-electron chi connectivity index (χ0n) is 16.9. The number of carbonyl (C=O) groups excluding carboxylic acids is 1. The van der Waals surface area contributed by atoms with Crippen molar-refractivity contribution in [3.8, 4) is 18.2 Å². The maximum atomic E-state index is 13.1. The molecule has 9 nitrogen and oxygen atoms in total. The van der Waals surface area contributed by atoms with Crippen molar-refractivity contribution >= 4 is 21.6 Å². The summed E-state index contributed by atoms with van der Waals surface area (Å²) in [5, 5.41) is 29.7. The molecular weight excluding hydrogens is 428 g/mol. The molecule has 0 radical (unpaired) electrons. The van der Waals surface area contributed by atoms with Gasteiger partial charge in [0.1, 0.15) is 23.9 Å². The lowest BCUT2D eigenvalue weighted by Crippen LogP contribution is -2.50. The van der Waals surface area contributed by atoms with Gasteiger partial charge < -0.3 is 10.2 Å². The van der Waals surface area contributed by atoms with Gasteiger partial charge in [-0.3, -0.25) is 4.79 Å². The summed E-state index contributed by atoms with van der Waals surface area (Å²) in [6.45, 7) is 0.823. The number of benzene rings is 2. The molecule has 32 heavy (non-hydrogen) atoms. The lowest BCUT2D eigenvalue weighted by Gasteiger charge is -2.34. The summed E-state index contributed by atoms with van der Waals surface area (Å²) in [5.74, 6) is -0.143. The first-order chi connectivity index (χ1) is 15.4. The molecule has 1 aliphatic heterocycles. The average molecular weight is 446 g/mol. The maximum absolute atomic E-state index is 13.1. The van der Waals surface area contributed by atoms with E-state index in [4.69, 9.17) is 10.5 Å². The molecule has 1 amide bonds. The Hall–Kier alpha value is -4.17. The van der Waals surface area contributed by atoms with E-state index in [9.17, 15) is 18.5 Å². The number of nitriles is 3. The maximum Gasteiger partial charge on any atom is 0.253 e. The summed E-state index contributed by atoms with van der Waals surface area (Å²) in [5.41, 5.74) is 0.138. The molecule has 1 aliphatic rings. The Morgan fingerprint density at radius 2 is 1.53 bits per heavy atom. The van der Waals surface area contributed by atoms with Crippen LogP contribution in [0.15, 0.2) is 70.8 Å². The smallest absolute Gasteiger partial charge is 0.253 e. The number of nitrogens with zero attached hydrogens (tertiary/aromatic N) is 5. The second-order valence-electron chi connectivity index (χ2n) is 6.80. The zero-order chi connectivity index (χ0) is 23.1. The first kappa shape index (κ1) is 22.5. The third-order valence-corrected chi connectivity index (χ3v) is 6.77. The lowest BCUT2D eigenvalue weighted by atomic mass is 10.2. The lowest BCUT2D eigenvalue weighted by molar-refractivity contribution is 0.0698. The molecule has 10 heteroatoms. The molecule has 0 atom stereocenters. The van der Waals surface area contributed by atoms with Crippen LogP contribution >= 0.6 is 0 Å². The minimum absolute atomic E-state index is 0.00177. The molecule has 3 rings (SSSR count). The van der Waals surface area contributed by atoms with Gasteiger partial charge in [-0.05, 0) is 30.3 Å². The molecule has 0 aliphatic carbocycles. The number of amides is 1. The number of anilines is 1. The molecule has 0 spiro atoms. The molecule has 1 fully saturated rings. The van der Waals surface area contributed by atoms with E-state index in [2.05, 4.69) is 5.32 Å². The number of hydrogen-bond donors (Lipinski definition) is 1. The van der Waals surface area contributed by atoms with E-state index < -0.39 is 15.6 Å². The molecule has 0 unspecified atom stereocenters. The second kappa shape index (κ2) is 9.76. The van der Waals surface area contributed by atoms with Crippen LogP contribution in [0.3, 0.4) is 0 Å². The van der Waals surface area contributed by atoms with Crippen LogP contribution in [-0.2, 0) is 10.0 Å². The summed E-state index contributed by atoms with van der Waals surface area (Å²) in [6.07, 6.45) is 0. The van der Waals surface area contributed by atoms with Gasteiger partial charge in [0, 0.05) is 37.4 Å². The quantitative estimate of drug-likeness (QED) is 0.693. The van der Waals surface area contributed by atoms with Gasteiger partial charge in [0.25, 0.3) is 5.91 Å². The van der Waals surface area contributed by atoms with E-state index in [1.807, 2.05) is 6.07 Å². The third kappa shape index (κ3) is 4.76. The van der Waals surface area contributed by atoms with Crippen LogP contribution in [0.5, 0.6) is 0 Å². The Morgan fingerprint density at radius 3 is 2.12 bits per heavy atom. The van der Waals surface area contributed by atoms with Crippen molar-refractivity contribution in [2.45, 2.75) is 4.90 Å². The fourth-order valence-corrected chi connectivity index (χ4v) is 4.67. The van der Waals surface area contributed by atoms with Gasteiger partial charge >= 0.3 is 0 Å². The van der Waals surface area contributed by atoms with Gasteiger partial charge in [-0.2, -0.15) is 20.1 Å². The van der Waals surface area contributed by atoms with Crippen molar-refractivity contribution in [3.63, 3.8) is 0 Å². The predicted octanol–water partition coefficient (Wildman–Crippen LogP) is 2.07. The minimum atomic E-state index is -3.85. The standard InChI is InChI=1S/C22H18N6O3S/c23-14-18(15-24)21(16-25)26-19-7-4-8-20(13-19)32(30,31)28-11-9-27(10-12-28)22(29)17-5-2-1-3-6-17/h1-8,13,26H,9-12H2. The number of piperazine rings is 1. The van der Waals surface area contributed by atoms with Crippen molar-refractivity contribution in [1.82, 2.24) is 9.21 Å². The second-order valence-corrected chi connectivity index (χ2v) is 8.74. The summed E-state index contributed by atoms with van der Waals surface area (Å²) in [7, 11) is -3.85. The van der Waals surface area contributed by atoms with Crippen LogP contribution in [0, 0.1) is 34.0 Å². The minimum Gasteiger partial charge on any atom is -0.345 e. The molecule has 1 heterocycles. The average Bonchev–Trinajstić information content (AvgIpc) is 2.84. The van der Waals surface area contributed by atoms with Crippen LogP contribution in [-0.4, -0.2) is 49.7 Å². The van der Waals surface area contributed by atoms with Crippen LogP contribution < -0.4 is 5.32 Å². The fourth-order valence-electron chi connectivity index (χ4n) is 3.21. The van der Waals surface area contributed by atoms with Crippen molar-refractivity contribution in [1.29, 1.82) is 15.8 Å². The summed E-state index contributed by atoms with van der Waals surface area (Å²) >= 11 is 0. The van der Waals surface area contributed by atoms with Crippen molar-refractivity contribution in [3.05, 3.63) is 71.4 Å². The molecule has 2 aromatic carbocycles. The van der Waals surface area contributed by atoms with Gasteiger partial charge in [0.15, 0.2) is 5.57 Å². The molecule has 160 valence electrons. The number of sulfonamides is 1. The van der Waals surface area contributed by atoms with Crippen LogP contribution in [0.2, 0.25) is 0 Å². The monoisotopic (exact) mass is 446 g/mol. The molecular formula is C22H18N6O3S. The Kier molecular flexibility index (Phi) is 6.87. The van der Waals surface area contributed by atoms with Crippen molar-refractivity contribution < 1.29 is 13.2 Å². The van der Waals surface area contributed by atoms with Gasteiger partial charge in [-0.25, -0.2) is 8.42 Å². The number of carbonyl (C=O) groups is 1. The normalized spacial score (nSPS) is 13.8. The van der Waals surface area contributed by atoms with Gasteiger partial charge in [-0.15, -0.1) is 0 Å². The van der Waals surface area contributed by atoms with Crippen LogP contribution in [0.1, 0.15) is 10.4 Å². The highest BCUT2D eigenvalue weighted by Crippen LogP contribution is 2.22. The van der Waals surface area contributed by atoms with E-state index in [1.54, 1.807) is 47.4 Å².